The number of fused-ring (bicyclic) bond motifs is 1. The highest BCUT2D eigenvalue weighted by atomic mass is 35.5. The number of hydrogen-bond donors (Lipinski definition) is 1. The highest BCUT2D eigenvalue weighted by Gasteiger charge is 2.17. The van der Waals surface area contributed by atoms with E-state index < -0.39 is 5.97 Å². The predicted octanol–water partition coefficient (Wildman–Crippen LogP) is 4.46. The first-order chi connectivity index (χ1) is 9.97. The minimum atomic E-state index is -1.03. The molecule has 3 aromatic rings. The van der Waals surface area contributed by atoms with Gasteiger partial charge in [-0.3, -0.25) is 0 Å². The number of nitrogens with zero attached hydrogens (tertiary/aromatic N) is 1. The summed E-state index contributed by atoms with van der Waals surface area (Å²) in [5, 5.41) is 10.3. The highest BCUT2D eigenvalue weighted by molar-refractivity contribution is 6.36. The minimum absolute atomic E-state index is 0.138. The number of pyridine rings is 1. The Morgan fingerprint density at radius 2 is 2.05 bits per heavy atom. The molecule has 21 heavy (non-hydrogen) atoms. The van der Waals surface area contributed by atoms with Gasteiger partial charge in [0.2, 0.25) is 0 Å². The maximum Gasteiger partial charge on any atom is 0.336 e. The average molecular weight is 302 g/mol. The summed E-state index contributed by atoms with van der Waals surface area (Å²) in [6, 6.07) is 8.54. The van der Waals surface area contributed by atoms with E-state index in [-0.39, 0.29) is 5.56 Å². The normalized spacial score (nSPS) is 11.0. The second-order valence-electron chi connectivity index (χ2n) is 4.82. The first-order valence-corrected chi connectivity index (χ1v) is 6.75. The van der Waals surface area contributed by atoms with Gasteiger partial charge in [0, 0.05) is 10.9 Å². The Morgan fingerprint density at radius 1 is 1.29 bits per heavy atom. The van der Waals surface area contributed by atoms with Crippen molar-refractivity contribution in [2.24, 2.45) is 0 Å². The largest absolute Gasteiger partial charge is 0.478 e. The Labute approximate surface area is 126 Å². The number of benzene rings is 1. The first kappa shape index (κ1) is 13.6. The summed E-state index contributed by atoms with van der Waals surface area (Å²) in [6.07, 6.45) is 0. The van der Waals surface area contributed by atoms with Crippen LogP contribution in [0, 0.1) is 13.8 Å². The second-order valence-corrected chi connectivity index (χ2v) is 5.23. The van der Waals surface area contributed by atoms with Crippen LogP contribution >= 0.6 is 11.6 Å². The van der Waals surface area contributed by atoms with E-state index in [1.54, 1.807) is 18.2 Å². The van der Waals surface area contributed by atoms with Crippen molar-refractivity contribution in [1.82, 2.24) is 4.98 Å². The van der Waals surface area contributed by atoms with Gasteiger partial charge in [0.1, 0.15) is 11.5 Å². The van der Waals surface area contributed by atoms with E-state index >= 15 is 0 Å². The fraction of sp³-hybridized carbons (Fsp3) is 0.125. The van der Waals surface area contributed by atoms with Gasteiger partial charge in [-0.1, -0.05) is 17.7 Å². The van der Waals surface area contributed by atoms with Crippen molar-refractivity contribution < 1.29 is 14.3 Å². The summed E-state index contributed by atoms with van der Waals surface area (Å²) in [5.74, 6) is 0.430. The van der Waals surface area contributed by atoms with Crippen molar-refractivity contribution in [2.45, 2.75) is 13.8 Å². The lowest BCUT2D eigenvalue weighted by atomic mass is 10.0. The number of furan rings is 1. The van der Waals surface area contributed by atoms with E-state index in [2.05, 4.69) is 4.98 Å². The van der Waals surface area contributed by atoms with Crippen LogP contribution in [0.3, 0.4) is 0 Å². The Morgan fingerprint density at radius 3 is 2.67 bits per heavy atom. The maximum absolute atomic E-state index is 11.5. The third kappa shape index (κ3) is 2.28. The lowest BCUT2D eigenvalue weighted by Gasteiger charge is -2.07. The zero-order valence-electron chi connectivity index (χ0n) is 11.5. The van der Waals surface area contributed by atoms with Gasteiger partial charge in [-0.15, -0.1) is 0 Å². The van der Waals surface area contributed by atoms with Gasteiger partial charge in [-0.05, 0) is 38.1 Å². The Kier molecular flexibility index (Phi) is 3.18. The van der Waals surface area contributed by atoms with Crippen LogP contribution in [0.4, 0.5) is 0 Å². The molecular weight excluding hydrogens is 290 g/mol. The zero-order valence-corrected chi connectivity index (χ0v) is 12.2. The summed E-state index contributed by atoms with van der Waals surface area (Å²) in [7, 11) is 0. The maximum atomic E-state index is 11.5. The SMILES string of the molecule is Cc1cc(-c2cc(C(=O)O)c3c(Cl)cccc3n2)c(C)o1. The molecule has 0 spiro atoms. The number of rotatable bonds is 2. The van der Waals surface area contributed by atoms with Crippen LogP contribution in [0.2, 0.25) is 5.02 Å². The van der Waals surface area contributed by atoms with Gasteiger partial charge in [0.05, 0.1) is 21.8 Å². The summed E-state index contributed by atoms with van der Waals surface area (Å²) >= 11 is 6.12. The highest BCUT2D eigenvalue weighted by Crippen LogP contribution is 2.32. The van der Waals surface area contributed by atoms with E-state index in [1.807, 2.05) is 19.9 Å². The number of hydrogen-bond acceptors (Lipinski definition) is 3. The molecule has 0 aliphatic heterocycles. The molecule has 0 amide bonds. The van der Waals surface area contributed by atoms with Crippen LogP contribution in [0.5, 0.6) is 0 Å². The molecule has 0 aliphatic carbocycles. The van der Waals surface area contributed by atoms with Gasteiger partial charge in [0.25, 0.3) is 0 Å². The van der Waals surface area contributed by atoms with Crippen LogP contribution in [0.25, 0.3) is 22.2 Å². The molecule has 0 radical (unpaired) electrons. The van der Waals surface area contributed by atoms with Crippen LogP contribution in [0.15, 0.2) is 34.7 Å². The molecule has 0 saturated carbocycles. The van der Waals surface area contributed by atoms with Gasteiger partial charge in [-0.2, -0.15) is 0 Å². The molecule has 0 aliphatic rings. The standard InChI is InChI=1S/C16H12ClNO3/c1-8-6-10(9(2)21-8)14-7-11(16(19)20)15-12(17)4-3-5-13(15)18-14/h3-7H,1-2H3,(H,19,20). The van der Waals surface area contributed by atoms with E-state index in [4.69, 9.17) is 16.0 Å². The fourth-order valence-electron chi connectivity index (χ4n) is 2.44. The summed E-state index contributed by atoms with van der Waals surface area (Å²) in [5.41, 5.74) is 2.04. The molecule has 0 bridgehead atoms. The quantitative estimate of drug-likeness (QED) is 0.759. The van der Waals surface area contributed by atoms with E-state index in [0.29, 0.717) is 27.4 Å². The molecule has 4 nitrogen and oxygen atoms in total. The number of aromatic nitrogens is 1. The van der Waals surface area contributed by atoms with Crippen molar-refractivity contribution in [3.05, 3.63) is 52.4 Å². The summed E-state index contributed by atoms with van der Waals surface area (Å²) in [4.78, 5) is 16.0. The average Bonchev–Trinajstić information content (AvgIpc) is 2.76. The second kappa shape index (κ2) is 4.90. The molecule has 0 fully saturated rings. The fourth-order valence-corrected chi connectivity index (χ4v) is 2.71. The van der Waals surface area contributed by atoms with Crippen molar-refractivity contribution in [2.75, 3.05) is 0 Å². The Hall–Kier alpha value is -2.33. The molecule has 0 atom stereocenters. The smallest absolute Gasteiger partial charge is 0.336 e. The van der Waals surface area contributed by atoms with Crippen LogP contribution in [0.1, 0.15) is 21.9 Å². The number of carboxylic acids is 1. The lowest BCUT2D eigenvalue weighted by Crippen LogP contribution is -2.00. The van der Waals surface area contributed by atoms with Crippen molar-refractivity contribution >= 4 is 28.5 Å². The molecule has 106 valence electrons. The third-order valence-electron chi connectivity index (χ3n) is 3.33. The van der Waals surface area contributed by atoms with Crippen molar-refractivity contribution in [3.63, 3.8) is 0 Å². The van der Waals surface area contributed by atoms with Crippen molar-refractivity contribution in [1.29, 1.82) is 0 Å². The van der Waals surface area contributed by atoms with Gasteiger partial charge in [0.15, 0.2) is 0 Å². The monoisotopic (exact) mass is 301 g/mol. The molecule has 2 aromatic heterocycles. The molecule has 0 saturated heterocycles. The van der Waals surface area contributed by atoms with Crippen LogP contribution in [-0.2, 0) is 0 Å². The zero-order chi connectivity index (χ0) is 15.1. The molecule has 1 N–H and O–H groups in total. The third-order valence-corrected chi connectivity index (χ3v) is 3.65. The van der Waals surface area contributed by atoms with Crippen LogP contribution in [-0.4, -0.2) is 16.1 Å². The first-order valence-electron chi connectivity index (χ1n) is 6.37. The molecule has 2 heterocycles. The molecule has 3 rings (SSSR count). The summed E-state index contributed by atoms with van der Waals surface area (Å²) in [6.45, 7) is 3.67. The number of halogens is 1. The Balaban J connectivity index is 2.36. The molecule has 5 heteroatoms. The summed E-state index contributed by atoms with van der Waals surface area (Å²) < 4.78 is 5.49. The number of carboxylic acid groups (broad SMARTS) is 1. The van der Waals surface area contributed by atoms with Gasteiger partial charge in [-0.25, -0.2) is 9.78 Å². The number of aryl methyl sites for hydroxylation is 2. The van der Waals surface area contributed by atoms with E-state index in [9.17, 15) is 9.90 Å². The number of carbonyl (C=O) groups is 1. The molecule has 0 unspecified atom stereocenters. The van der Waals surface area contributed by atoms with Crippen LogP contribution < -0.4 is 0 Å². The number of aromatic carboxylic acids is 1. The van der Waals surface area contributed by atoms with Gasteiger partial charge >= 0.3 is 5.97 Å². The minimum Gasteiger partial charge on any atom is -0.478 e. The molecule has 1 aromatic carbocycles. The predicted molar refractivity (Wildman–Crippen MR) is 80.9 cm³/mol. The van der Waals surface area contributed by atoms with Gasteiger partial charge < -0.3 is 9.52 Å². The van der Waals surface area contributed by atoms with Crippen molar-refractivity contribution in [3.8, 4) is 11.3 Å². The molecular formula is C16H12ClNO3. The topological polar surface area (TPSA) is 63.3 Å². The Bertz CT molecular complexity index is 867. The lowest BCUT2D eigenvalue weighted by molar-refractivity contribution is 0.0699. The van der Waals surface area contributed by atoms with E-state index in [0.717, 1.165) is 11.3 Å². The van der Waals surface area contributed by atoms with E-state index in [1.165, 1.54) is 6.07 Å².